The monoisotopic (exact) mass is 296 g/mol. The number of rotatable bonds is 3. The zero-order valence-electron chi connectivity index (χ0n) is 12.7. The lowest BCUT2D eigenvalue weighted by Crippen LogP contribution is -2.22. The van der Waals surface area contributed by atoms with Crippen molar-refractivity contribution in [1.82, 2.24) is 9.55 Å². The number of benzene rings is 2. The largest absolute Gasteiger partial charge is 0.497 e. The molecule has 1 heterocycles. The van der Waals surface area contributed by atoms with E-state index in [1.807, 2.05) is 18.2 Å². The molecule has 0 fully saturated rings. The molecule has 0 radical (unpaired) electrons. The zero-order valence-corrected chi connectivity index (χ0v) is 12.7. The summed E-state index contributed by atoms with van der Waals surface area (Å²) < 4.78 is 12.1. The second-order valence-electron chi connectivity index (χ2n) is 4.85. The average Bonchev–Trinajstić information content (AvgIpc) is 2.55. The third-order valence-corrected chi connectivity index (χ3v) is 3.57. The molecule has 1 aromatic heterocycles. The molecule has 5 heteroatoms. The Balaban J connectivity index is 2.33. The number of fused-ring (bicyclic) bond motifs is 1. The molecule has 3 rings (SSSR count). The zero-order chi connectivity index (χ0) is 15.7. The highest BCUT2D eigenvalue weighted by molar-refractivity contribution is 5.78. The van der Waals surface area contributed by atoms with E-state index in [9.17, 15) is 4.79 Å². The number of hydrogen-bond donors (Lipinski definition) is 0. The molecule has 0 aliphatic carbocycles. The second kappa shape index (κ2) is 5.52. The minimum atomic E-state index is -0.119. The Hall–Kier alpha value is -2.82. The van der Waals surface area contributed by atoms with Gasteiger partial charge in [0.2, 0.25) is 0 Å². The van der Waals surface area contributed by atoms with Gasteiger partial charge in [0.1, 0.15) is 17.3 Å². The molecule has 0 amide bonds. The second-order valence-corrected chi connectivity index (χ2v) is 4.85. The van der Waals surface area contributed by atoms with Crippen LogP contribution in [0.15, 0.2) is 47.3 Å². The van der Waals surface area contributed by atoms with Gasteiger partial charge in [-0.3, -0.25) is 9.36 Å². The molecule has 3 aromatic rings. The lowest BCUT2D eigenvalue weighted by molar-refractivity contribution is 0.393. The molecule has 112 valence electrons. The number of para-hydroxylation sites is 1. The van der Waals surface area contributed by atoms with Crippen molar-refractivity contribution >= 4 is 10.9 Å². The fourth-order valence-electron chi connectivity index (χ4n) is 2.50. The highest BCUT2D eigenvalue weighted by atomic mass is 16.5. The summed E-state index contributed by atoms with van der Waals surface area (Å²) in [4.78, 5) is 17.3. The van der Waals surface area contributed by atoms with Crippen LogP contribution in [0.3, 0.4) is 0 Å². The SMILES string of the molecule is COc1ccc(-n2c(C)nc3ccccc3c2=O)c(OC)c1. The first kappa shape index (κ1) is 14.1. The summed E-state index contributed by atoms with van der Waals surface area (Å²) in [5, 5.41) is 0.575. The van der Waals surface area contributed by atoms with Crippen LogP contribution >= 0.6 is 0 Å². The molecule has 0 saturated carbocycles. The van der Waals surface area contributed by atoms with Gasteiger partial charge in [0.25, 0.3) is 5.56 Å². The van der Waals surface area contributed by atoms with Gasteiger partial charge in [-0.25, -0.2) is 4.98 Å². The predicted octanol–water partition coefficient (Wildman–Crippen LogP) is 2.71. The van der Waals surface area contributed by atoms with E-state index in [1.54, 1.807) is 50.0 Å². The summed E-state index contributed by atoms with van der Waals surface area (Å²) >= 11 is 0. The first-order valence-corrected chi connectivity index (χ1v) is 6.86. The molecule has 22 heavy (non-hydrogen) atoms. The summed E-state index contributed by atoms with van der Waals surface area (Å²) in [6.07, 6.45) is 0. The van der Waals surface area contributed by atoms with E-state index in [0.717, 1.165) is 0 Å². The number of ether oxygens (including phenoxy) is 2. The summed E-state index contributed by atoms with van der Waals surface area (Å²) in [6.45, 7) is 1.80. The van der Waals surface area contributed by atoms with E-state index in [4.69, 9.17) is 9.47 Å². The number of nitrogens with zero attached hydrogens (tertiary/aromatic N) is 2. The minimum absolute atomic E-state index is 0.119. The van der Waals surface area contributed by atoms with Crippen LogP contribution in [0, 0.1) is 6.92 Å². The molecule has 0 aliphatic heterocycles. The van der Waals surface area contributed by atoms with Crippen LogP contribution in [0.2, 0.25) is 0 Å². The van der Waals surface area contributed by atoms with Gasteiger partial charge in [-0.2, -0.15) is 0 Å². The number of aromatic nitrogens is 2. The quantitative estimate of drug-likeness (QED) is 0.745. The molecule has 5 nitrogen and oxygen atoms in total. The Labute approximate surface area is 127 Å². The fourth-order valence-corrected chi connectivity index (χ4v) is 2.50. The van der Waals surface area contributed by atoms with Gasteiger partial charge in [0, 0.05) is 6.07 Å². The van der Waals surface area contributed by atoms with Gasteiger partial charge < -0.3 is 9.47 Å². The van der Waals surface area contributed by atoms with Crippen molar-refractivity contribution < 1.29 is 9.47 Å². The van der Waals surface area contributed by atoms with Crippen LogP contribution in [0.25, 0.3) is 16.6 Å². The smallest absolute Gasteiger partial charge is 0.266 e. The molecule has 0 atom stereocenters. The molecular weight excluding hydrogens is 280 g/mol. The van der Waals surface area contributed by atoms with E-state index < -0.39 is 0 Å². The number of methoxy groups -OCH3 is 2. The Morgan fingerprint density at radius 1 is 1.05 bits per heavy atom. The fraction of sp³-hybridized carbons (Fsp3) is 0.176. The standard InChI is InChI=1S/C17H16N2O3/c1-11-18-14-7-5-4-6-13(14)17(20)19(11)15-9-8-12(21-2)10-16(15)22-3/h4-10H,1-3H3. The van der Waals surface area contributed by atoms with E-state index >= 15 is 0 Å². The Morgan fingerprint density at radius 2 is 1.82 bits per heavy atom. The van der Waals surface area contributed by atoms with Crippen LogP contribution in [-0.4, -0.2) is 23.8 Å². The lowest BCUT2D eigenvalue weighted by Gasteiger charge is -2.15. The molecule has 0 unspecified atom stereocenters. The van der Waals surface area contributed by atoms with Crippen LogP contribution in [0.1, 0.15) is 5.82 Å². The number of aryl methyl sites for hydroxylation is 1. The first-order valence-electron chi connectivity index (χ1n) is 6.86. The third kappa shape index (κ3) is 2.20. The van der Waals surface area contributed by atoms with Crippen molar-refractivity contribution in [3.05, 3.63) is 58.6 Å². The van der Waals surface area contributed by atoms with E-state index in [-0.39, 0.29) is 5.56 Å². The highest BCUT2D eigenvalue weighted by Gasteiger charge is 2.14. The first-order chi connectivity index (χ1) is 10.7. The van der Waals surface area contributed by atoms with Crippen LogP contribution in [0.4, 0.5) is 0 Å². The van der Waals surface area contributed by atoms with Crippen LogP contribution in [-0.2, 0) is 0 Å². The van der Waals surface area contributed by atoms with Gasteiger partial charge in [-0.1, -0.05) is 12.1 Å². The lowest BCUT2D eigenvalue weighted by atomic mass is 10.2. The van der Waals surface area contributed by atoms with Crippen molar-refractivity contribution in [3.63, 3.8) is 0 Å². The Kier molecular flexibility index (Phi) is 3.55. The molecule has 0 aliphatic rings. The van der Waals surface area contributed by atoms with Crippen LogP contribution < -0.4 is 15.0 Å². The Bertz CT molecular complexity index is 900. The third-order valence-electron chi connectivity index (χ3n) is 3.57. The van der Waals surface area contributed by atoms with Crippen molar-refractivity contribution in [3.8, 4) is 17.2 Å². The van der Waals surface area contributed by atoms with Gasteiger partial charge in [-0.05, 0) is 31.2 Å². The van der Waals surface area contributed by atoms with Gasteiger partial charge in [0.05, 0.1) is 30.8 Å². The summed E-state index contributed by atoms with van der Waals surface area (Å²) in [6, 6.07) is 12.6. The maximum Gasteiger partial charge on any atom is 0.266 e. The predicted molar refractivity (Wildman–Crippen MR) is 85.2 cm³/mol. The van der Waals surface area contributed by atoms with E-state index in [2.05, 4.69) is 4.98 Å². The molecule has 0 saturated heterocycles. The maximum absolute atomic E-state index is 12.8. The van der Waals surface area contributed by atoms with Crippen molar-refractivity contribution in [2.45, 2.75) is 6.92 Å². The maximum atomic E-state index is 12.8. The molecular formula is C17H16N2O3. The van der Waals surface area contributed by atoms with Crippen molar-refractivity contribution in [2.75, 3.05) is 14.2 Å². The normalized spacial score (nSPS) is 10.7. The van der Waals surface area contributed by atoms with Gasteiger partial charge in [0.15, 0.2) is 0 Å². The van der Waals surface area contributed by atoms with E-state index in [1.165, 1.54) is 0 Å². The minimum Gasteiger partial charge on any atom is -0.497 e. The number of hydrogen-bond acceptors (Lipinski definition) is 4. The van der Waals surface area contributed by atoms with Crippen LogP contribution in [0.5, 0.6) is 11.5 Å². The van der Waals surface area contributed by atoms with Crippen molar-refractivity contribution in [1.29, 1.82) is 0 Å². The molecule has 0 spiro atoms. The highest BCUT2D eigenvalue weighted by Crippen LogP contribution is 2.27. The summed E-state index contributed by atoms with van der Waals surface area (Å²) in [5.41, 5.74) is 1.21. The summed E-state index contributed by atoms with van der Waals surface area (Å²) in [7, 11) is 3.15. The topological polar surface area (TPSA) is 53.4 Å². The molecule has 0 bridgehead atoms. The van der Waals surface area contributed by atoms with E-state index in [0.29, 0.717) is 33.9 Å². The van der Waals surface area contributed by atoms with Crippen molar-refractivity contribution in [2.24, 2.45) is 0 Å². The molecule has 2 aromatic carbocycles. The van der Waals surface area contributed by atoms with Gasteiger partial charge in [-0.15, -0.1) is 0 Å². The average molecular weight is 296 g/mol. The molecule has 0 N–H and O–H groups in total. The Morgan fingerprint density at radius 3 is 2.55 bits per heavy atom. The van der Waals surface area contributed by atoms with Gasteiger partial charge >= 0.3 is 0 Å². The summed E-state index contributed by atoms with van der Waals surface area (Å²) in [5.74, 6) is 1.83.